The van der Waals surface area contributed by atoms with Crippen molar-refractivity contribution in [3.8, 4) is 0 Å². The van der Waals surface area contributed by atoms with Gasteiger partial charge in [-0.25, -0.2) is 4.98 Å². The Bertz CT molecular complexity index is 348. The Hall–Kier alpha value is -0.910. The van der Waals surface area contributed by atoms with E-state index < -0.39 is 6.10 Å². The van der Waals surface area contributed by atoms with Crippen LogP contribution in [0.3, 0.4) is 0 Å². The van der Waals surface area contributed by atoms with E-state index in [1.807, 2.05) is 17.8 Å². The van der Waals surface area contributed by atoms with E-state index in [1.165, 1.54) is 12.8 Å². The molecule has 0 aliphatic heterocycles. The third kappa shape index (κ3) is 4.08. The molecule has 2 rings (SSSR count). The lowest BCUT2D eigenvalue weighted by Crippen LogP contribution is -2.32. The minimum absolute atomic E-state index is 0.370. The number of aliphatic hydroxyl groups is 1. The zero-order valence-corrected chi connectivity index (χ0v) is 11.0. The smallest absolute Gasteiger partial charge is 0.122 e. The lowest BCUT2D eigenvalue weighted by atomic mass is 10.3. The summed E-state index contributed by atoms with van der Waals surface area (Å²) in [6.45, 7) is 1.64. The molecule has 1 aromatic rings. The fraction of sp³-hybridized carbons (Fsp3) is 0.769. The monoisotopic (exact) mass is 253 g/mol. The van der Waals surface area contributed by atoms with Crippen molar-refractivity contribution < 1.29 is 9.84 Å². The average molecular weight is 253 g/mol. The minimum Gasteiger partial charge on any atom is -0.389 e. The first-order valence-corrected chi connectivity index (χ1v) is 6.72. The highest BCUT2D eigenvalue weighted by atomic mass is 16.5. The van der Waals surface area contributed by atoms with Crippen LogP contribution in [0.4, 0.5) is 0 Å². The van der Waals surface area contributed by atoms with Gasteiger partial charge in [0.25, 0.3) is 0 Å². The quantitative estimate of drug-likeness (QED) is 0.755. The summed E-state index contributed by atoms with van der Waals surface area (Å²) in [4.78, 5) is 4.21. The van der Waals surface area contributed by atoms with Crippen LogP contribution in [0.5, 0.6) is 0 Å². The third-order valence-corrected chi connectivity index (χ3v) is 3.41. The zero-order chi connectivity index (χ0) is 12.8. The van der Waals surface area contributed by atoms with Gasteiger partial charge in [0.15, 0.2) is 0 Å². The number of aliphatic hydroxyl groups excluding tert-OH is 1. The standard InChI is InChI=1S/C13H23N3O2/c1-16-7-6-15-13(16)9-14-8-11(17)10-18-12-4-2-3-5-12/h6-7,11-12,14,17H,2-5,8-10H2,1H3. The Labute approximate surface area is 108 Å². The summed E-state index contributed by atoms with van der Waals surface area (Å²) >= 11 is 0. The molecule has 1 aromatic heterocycles. The molecule has 0 bridgehead atoms. The average Bonchev–Trinajstić information content (AvgIpc) is 2.99. The summed E-state index contributed by atoms with van der Waals surface area (Å²) in [5, 5.41) is 13.0. The van der Waals surface area contributed by atoms with Crippen LogP contribution in [0.2, 0.25) is 0 Å². The maximum atomic E-state index is 9.79. The van der Waals surface area contributed by atoms with Crippen LogP contribution in [0.25, 0.3) is 0 Å². The summed E-state index contributed by atoms with van der Waals surface area (Å²) < 4.78 is 7.63. The van der Waals surface area contributed by atoms with E-state index in [0.717, 1.165) is 18.7 Å². The number of nitrogens with one attached hydrogen (secondary N) is 1. The molecular formula is C13H23N3O2. The second kappa shape index (κ2) is 6.87. The van der Waals surface area contributed by atoms with Crippen molar-refractivity contribution in [2.24, 2.45) is 7.05 Å². The second-order valence-corrected chi connectivity index (χ2v) is 4.98. The topological polar surface area (TPSA) is 59.3 Å². The Morgan fingerprint density at radius 3 is 3.00 bits per heavy atom. The minimum atomic E-state index is -0.439. The molecular weight excluding hydrogens is 230 g/mol. The molecule has 102 valence electrons. The van der Waals surface area contributed by atoms with Crippen LogP contribution in [-0.4, -0.2) is 40.0 Å². The van der Waals surface area contributed by atoms with Crippen LogP contribution >= 0.6 is 0 Å². The Kier molecular flexibility index (Phi) is 5.16. The number of rotatable bonds is 7. The molecule has 0 saturated heterocycles. The van der Waals surface area contributed by atoms with Gasteiger partial charge >= 0.3 is 0 Å². The zero-order valence-electron chi connectivity index (χ0n) is 11.0. The summed E-state index contributed by atoms with van der Waals surface area (Å²) in [6.07, 6.45) is 8.44. The summed E-state index contributed by atoms with van der Waals surface area (Å²) in [5.41, 5.74) is 0. The fourth-order valence-corrected chi connectivity index (χ4v) is 2.28. The molecule has 0 spiro atoms. The first-order chi connectivity index (χ1) is 8.75. The SMILES string of the molecule is Cn1ccnc1CNCC(O)COC1CCCC1. The molecule has 5 nitrogen and oxygen atoms in total. The van der Waals surface area contributed by atoms with Crippen molar-refractivity contribution in [1.82, 2.24) is 14.9 Å². The van der Waals surface area contributed by atoms with E-state index >= 15 is 0 Å². The van der Waals surface area contributed by atoms with Crippen molar-refractivity contribution in [3.63, 3.8) is 0 Å². The molecule has 5 heteroatoms. The first kappa shape index (κ1) is 13.5. The van der Waals surface area contributed by atoms with E-state index in [0.29, 0.717) is 25.8 Å². The number of ether oxygens (including phenoxy) is 1. The molecule has 1 unspecified atom stereocenters. The van der Waals surface area contributed by atoms with Gasteiger partial charge in [-0.05, 0) is 12.8 Å². The molecule has 2 N–H and O–H groups in total. The van der Waals surface area contributed by atoms with E-state index in [9.17, 15) is 5.11 Å². The summed E-state index contributed by atoms with van der Waals surface area (Å²) in [5.74, 6) is 0.971. The van der Waals surface area contributed by atoms with Crippen molar-refractivity contribution in [2.75, 3.05) is 13.2 Å². The molecule has 1 saturated carbocycles. The predicted molar refractivity (Wildman–Crippen MR) is 69.1 cm³/mol. The summed E-state index contributed by atoms with van der Waals surface area (Å²) in [6, 6.07) is 0. The van der Waals surface area contributed by atoms with E-state index in [2.05, 4.69) is 10.3 Å². The van der Waals surface area contributed by atoms with E-state index in [1.54, 1.807) is 6.20 Å². The first-order valence-electron chi connectivity index (χ1n) is 6.72. The molecule has 1 atom stereocenters. The van der Waals surface area contributed by atoms with Gasteiger partial charge in [0, 0.05) is 26.0 Å². The van der Waals surface area contributed by atoms with Crippen LogP contribution in [-0.2, 0) is 18.3 Å². The Morgan fingerprint density at radius 1 is 1.56 bits per heavy atom. The van der Waals surface area contributed by atoms with Gasteiger partial charge in [0.1, 0.15) is 5.82 Å². The van der Waals surface area contributed by atoms with E-state index in [4.69, 9.17) is 4.74 Å². The van der Waals surface area contributed by atoms with Crippen LogP contribution in [0.15, 0.2) is 12.4 Å². The number of hydrogen-bond acceptors (Lipinski definition) is 4. The Balaban J connectivity index is 1.57. The largest absolute Gasteiger partial charge is 0.389 e. The van der Waals surface area contributed by atoms with Gasteiger partial charge in [-0.3, -0.25) is 0 Å². The molecule has 1 fully saturated rings. The lowest BCUT2D eigenvalue weighted by Gasteiger charge is -2.15. The second-order valence-electron chi connectivity index (χ2n) is 4.98. The molecule has 0 aromatic carbocycles. The number of aromatic nitrogens is 2. The highest BCUT2D eigenvalue weighted by Crippen LogP contribution is 2.20. The lowest BCUT2D eigenvalue weighted by molar-refractivity contribution is -0.00555. The molecule has 18 heavy (non-hydrogen) atoms. The highest BCUT2D eigenvalue weighted by molar-refractivity contribution is 4.90. The maximum Gasteiger partial charge on any atom is 0.122 e. The Morgan fingerprint density at radius 2 is 2.33 bits per heavy atom. The molecule has 1 aliphatic rings. The van der Waals surface area contributed by atoms with Crippen molar-refractivity contribution in [2.45, 2.75) is 44.4 Å². The van der Waals surface area contributed by atoms with Crippen molar-refractivity contribution in [3.05, 3.63) is 18.2 Å². The fourth-order valence-electron chi connectivity index (χ4n) is 2.28. The van der Waals surface area contributed by atoms with Gasteiger partial charge in [0.2, 0.25) is 0 Å². The number of nitrogens with zero attached hydrogens (tertiary/aromatic N) is 2. The highest BCUT2D eigenvalue weighted by Gasteiger charge is 2.16. The van der Waals surface area contributed by atoms with Gasteiger partial charge in [0.05, 0.1) is 25.4 Å². The summed E-state index contributed by atoms with van der Waals surface area (Å²) in [7, 11) is 1.96. The maximum absolute atomic E-state index is 9.79. The molecule has 1 aliphatic carbocycles. The van der Waals surface area contributed by atoms with Gasteiger partial charge in [-0.2, -0.15) is 0 Å². The predicted octanol–water partition coefficient (Wildman–Crippen LogP) is 0.830. The third-order valence-electron chi connectivity index (χ3n) is 3.41. The normalized spacial score (nSPS) is 18.3. The van der Waals surface area contributed by atoms with Crippen molar-refractivity contribution >= 4 is 0 Å². The van der Waals surface area contributed by atoms with Crippen molar-refractivity contribution in [1.29, 1.82) is 0 Å². The number of aryl methyl sites for hydroxylation is 1. The number of hydrogen-bond donors (Lipinski definition) is 2. The van der Waals surface area contributed by atoms with Crippen LogP contribution in [0, 0.1) is 0 Å². The van der Waals surface area contributed by atoms with E-state index in [-0.39, 0.29) is 0 Å². The van der Waals surface area contributed by atoms with Gasteiger partial charge in [-0.15, -0.1) is 0 Å². The molecule has 1 heterocycles. The van der Waals surface area contributed by atoms with Crippen LogP contribution in [0.1, 0.15) is 31.5 Å². The van der Waals surface area contributed by atoms with Gasteiger partial charge in [-0.1, -0.05) is 12.8 Å². The van der Waals surface area contributed by atoms with Gasteiger partial charge < -0.3 is 19.7 Å². The van der Waals surface area contributed by atoms with Crippen LogP contribution < -0.4 is 5.32 Å². The number of imidazole rings is 1. The molecule has 0 radical (unpaired) electrons. The molecule has 0 amide bonds.